The SMILES string of the molecule is CN(C)c1nc(CNC(=O)COc2ccccc2)nc(N(C)C)n1. The molecular weight excluding hydrogens is 308 g/mol. The van der Waals surface area contributed by atoms with Gasteiger partial charge in [-0.25, -0.2) is 0 Å². The molecule has 1 aromatic carbocycles. The smallest absolute Gasteiger partial charge is 0.258 e. The number of para-hydroxylation sites is 1. The molecule has 0 aliphatic heterocycles. The van der Waals surface area contributed by atoms with Crippen LogP contribution in [0.5, 0.6) is 5.75 Å². The molecule has 0 aliphatic rings. The third-order valence-corrected chi connectivity index (χ3v) is 3.01. The number of hydrogen-bond acceptors (Lipinski definition) is 7. The zero-order valence-corrected chi connectivity index (χ0v) is 14.4. The van der Waals surface area contributed by atoms with Gasteiger partial charge in [-0.2, -0.15) is 15.0 Å². The fourth-order valence-corrected chi connectivity index (χ4v) is 1.77. The zero-order valence-electron chi connectivity index (χ0n) is 14.4. The minimum atomic E-state index is -0.239. The van der Waals surface area contributed by atoms with Crippen LogP contribution in [0.2, 0.25) is 0 Å². The van der Waals surface area contributed by atoms with E-state index in [1.807, 2.05) is 46.4 Å². The highest BCUT2D eigenvalue weighted by atomic mass is 16.5. The third-order valence-electron chi connectivity index (χ3n) is 3.01. The van der Waals surface area contributed by atoms with Gasteiger partial charge in [-0.3, -0.25) is 4.79 Å². The molecule has 0 spiro atoms. The van der Waals surface area contributed by atoms with Crippen LogP contribution in [-0.4, -0.2) is 55.7 Å². The van der Waals surface area contributed by atoms with Gasteiger partial charge >= 0.3 is 0 Å². The van der Waals surface area contributed by atoms with Crippen LogP contribution >= 0.6 is 0 Å². The molecule has 1 N–H and O–H groups in total. The number of ether oxygens (including phenoxy) is 1. The number of nitrogens with zero attached hydrogens (tertiary/aromatic N) is 5. The number of benzene rings is 1. The second-order valence-corrected chi connectivity index (χ2v) is 5.52. The molecular formula is C16H22N6O2. The van der Waals surface area contributed by atoms with Crippen LogP contribution in [0.3, 0.4) is 0 Å². The first-order valence-corrected chi connectivity index (χ1v) is 7.50. The third kappa shape index (κ3) is 5.08. The van der Waals surface area contributed by atoms with Crippen molar-refractivity contribution in [2.45, 2.75) is 6.54 Å². The molecule has 0 fully saturated rings. The summed E-state index contributed by atoms with van der Waals surface area (Å²) < 4.78 is 5.40. The number of hydrogen-bond donors (Lipinski definition) is 1. The van der Waals surface area contributed by atoms with Crippen LogP contribution in [0.25, 0.3) is 0 Å². The largest absolute Gasteiger partial charge is 0.484 e. The molecule has 2 aromatic rings. The van der Waals surface area contributed by atoms with Crippen molar-refractivity contribution in [3.8, 4) is 5.75 Å². The van der Waals surface area contributed by atoms with Crippen LogP contribution in [0.1, 0.15) is 5.82 Å². The van der Waals surface area contributed by atoms with Crippen LogP contribution < -0.4 is 19.9 Å². The fourth-order valence-electron chi connectivity index (χ4n) is 1.77. The van der Waals surface area contributed by atoms with E-state index in [0.717, 1.165) is 0 Å². The molecule has 2 rings (SSSR count). The van der Waals surface area contributed by atoms with E-state index >= 15 is 0 Å². The molecule has 0 atom stereocenters. The number of carbonyl (C=O) groups excluding carboxylic acids is 1. The number of carbonyl (C=O) groups is 1. The Morgan fingerprint density at radius 1 is 1.00 bits per heavy atom. The van der Waals surface area contributed by atoms with Crippen molar-refractivity contribution >= 4 is 17.8 Å². The van der Waals surface area contributed by atoms with Gasteiger partial charge < -0.3 is 19.9 Å². The van der Waals surface area contributed by atoms with Crippen molar-refractivity contribution in [3.05, 3.63) is 36.2 Å². The van der Waals surface area contributed by atoms with Gasteiger partial charge in [0.25, 0.3) is 5.91 Å². The van der Waals surface area contributed by atoms with E-state index in [1.165, 1.54) is 0 Å². The van der Waals surface area contributed by atoms with Crippen molar-refractivity contribution in [1.82, 2.24) is 20.3 Å². The minimum absolute atomic E-state index is 0.0594. The van der Waals surface area contributed by atoms with Gasteiger partial charge in [-0.05, 0) is 12.1 Å². The lowest BCUT2D eigenvalue weighted by atomic mass is 10.3. The topological polar surface area (TPSA) is 83.5 Å². The van der Waals surface area contributed by atoms with Gasteiger partial charge in [0.15, 0.2) is 12.4 Å². The molecule has 0 aliphatic carbocycles. The maximum atomic E-state index is 11.9. The quantitative estimate of drug-likeness (QED) is 0.800. The molecule has 8 heteroatoms. The summed E-state index contributed by atoms with van der Waals surface area (Å²) in [5.41, 5.74) is 0. The summed E-state index contributed by atoms with van der Waals surface area (Å²) in [5.74, 6) is 1.98. The van der Waals surface area contributed by atoms with Crippen molar-refractivity contribution < 1.29 is 9.53 Å². The van der Waals surface area contributed by atoms with E-state index in [4.69, 9.17) is 4.74 Å². The van der Waals surface area contributed by atoms with Gasteiger partial charge in [0, 0.05) is 28.2 Å². The summed E-state index contributed by atoms with van der Waals surface area (Å²) in [5, 5.41) is 2.75. The molecule has 0 saturated carbocycles. The lowest BCUT2D eigenvalue weighted by Gasteiger charge is -2.16. The average Bonchev–Trinajstić information content (AvgIpc) is 2.58. The van der Waals surface area contributed by atoms with E-state index in [1.54, 1.807) is 21.9 Å². The average molecular weight is 330 g/mol. The van der Waals surface area contributed by atoms with E-state index in [0.29, 0.717) is 23.5 Å². The summed E-state index contributed by atoms with van der Waals surface area (Å²) in [6, 6.07) is 9.18. The highest BCUT2D eigenvalue weighted by molar-refractivity contribution is 5.77. The number of rotatable bonds is 7. The Kier molecular flexibility index (Phi) is 5.89. The first-order valence-electron chi connectivity index (χ1n) is 7.50. The van der Waals surface area contributed by atoms with Crippen LogP contribution in [0.15, 0.2) is 30.3 Å². The monoisotopic (exact) mass is 330 g/mol. The Labute approximate surface area is 141 Å². The Morgan fingerprint density at radius 2 is 1.58 bits per heavy atom. The van der Waals surface area contributed by atoms with Crippen molar-refractivity contribution in [1.29, 1.82) is 0 Å². The summed E-state index contributed by atoms with van der Waals surface area (Å²) >= 11 is 0. The maximum Gasteiger partial charge on any atom is 0.258 e. The predicted molar refractivity (Wildman–Crippen MR) is 92.3 cm³/mol. The number of anilines is 2. The van der Waals surface area contributed by atoms with E-state index in [-0.39, 0.29) is 19.1 Å². The van der Waals surface area contributed by atoms with Crippen molar-refractivity contribution in [2.75, 3.05) is 44.6 Å². The van der Waals surface area contributed by atoms with Gasteiger partial charge in [-0.15, -0.1) is 0 Å². The maximum absolute atomic E-state index is 11.9. The molecule has 1 aromatic heterocycles. The molecule has 0 unspecified atom stereocenters. The van der Waals surface area contributed by atoms with Gasteiger partial charge in [-0.1, -0.05) is 18.2 Å². The second-order valence-electron chi connectivity index (χ2n) is 5.52. The van der Waals surface area contributed by atoms with E-state index in [9.17, 15) is 4.79 Å². The number of aromatic nitrogens is 3. The lowest BCUT2D eigenvalue weighted by molar-refractivity contribution is -0.123. The molecule has 0 saturated heterocycles. The van der Waals surface area contributed by atoms with Gasteiger partial charge in [0.2, 0.25) is 11.9 Å². The Morgan fingerprint density at radius 3 is 2.12 bits per heavy atom. The Hall–Kier alpha value is -2.90. The Bertz CT molecular complexity index is 649. The normalized spacial score (nSPS) is 10.2. The molecule has 128 valence electrons. The fraction of sp³-hybridized carbons (Fsp3) is 0.375. The first kappa shape index (κ1) is 17.5. The molecule has 0 bridgehead atoms. The van der Waals surface area contributed by atoms with Crippen molar-refractivity contribution in [2.24, 2.45) is 0 Å². The zero-order chi connectivity index (χ0) is 17.5. The van der Waals surface area contributed by atoms with E-state index in [2.05, 4.69) is 20.3 Å². The molecule has 24 heavy (non-hydrogen) atoms. The molecule has 8 nitrogen and oxygen atoms in total. The van der Waals surface area contributed by atoms with Gasteiger partial charge in [0.1, 0.15) is 5.75 Å². The highest BCUT2D eigenvalue weighted by Gasteiger charge is 2.11. The first-order chi connectivity index (χ1) is 11.5. The summed E-state index contributed by atoms with van der Waals surface area (Å²) in [6.07, 6.45) is 0. The second kappa shape index (κ2) is 8.09. The van der Waals surface area contributed by atoms with Crippen LogP contribution in [-0.2, 0) is 11.3 Å². The van der Waals surface area contributed by atoms with Gasteiger partial charge in [0.05, 0.1) is 6.54 Å². The summed E-state index contributed by atoms with van der Waals surface area (Å²) in [4.78, 5) is 28.5. The minimum Gasteiger partial charge on any atom is -0.484 e. The van der Waals surface area contributed by atoms with Crippen LogP contribution in [0.4, 0.5) is 11.9 Å². The van der Waals surface area contributed by atoms with Crippen LogP contribution in [0, 0.1) is 0 Å². The highest BCUT2D eigenvalue weighted by Crippen LogP contribution is 2.10. The number of nitrogens with one attached hydrogen (secondary N) is 1. The lowest BCUT2D eigenvalue weighted by Crippen LogP contribution is -2.30. The molecule has 1 amide bonds. The summed E-state index contributed by atoms with van der Waals surface area (Å²) in [6.45, 7) is 0.150. The Balaban J connectivity index is 1.94. The standard InChI is InChI=1S/C16H22N6O2/c1-21(2)15-18-13(19-16(20-15)22(3)4)10-17-14(23)11-24-12-8-6-5-7-9-12/h5-9H,10-11H2,1-4H3,(H,17,23). The molecule has 1 heterocycles. The molecule has 0 radical (unpaired) electrons. The van der Waals surface area contributed by atoms with Crippen molar-refractivity contribution in [3.63, 3.8) is 0 Å². The summed E-state index contributed by atoms with van der Waals surface area (Å²) in [7, 11) is 7.41. The predicted octanol–water partition coefficient (Wildman–Crippen LogP) is 0.699. The van der Waals surface area contributed by atoms with E-state index < -0.39 is 0 Å². The number of amides is 1.